The van der Waals surface area contributed by atoms with Crippen LogP contribution in [0.5, 0.6) is 0 Å². The van der Waals surface area contributed by atoms with E-state index in [1.807, 2.05) is 79.7 Å². The second kappa shape index (κ2) is 19.8. The van der Waals surface area contributed by atoms with Gasteiger partial charge in [-0.3, -0.25) is 0 Å². The standard InChI is InChI=1S/C42H54O8Si/c1-32(40(33(2)39(43)41(44)45-6)49-31-47-28-35-21-13-8-14-22-35)38(48-30-46-27-34-19-11-7-12-20-34)29-50-51(42(3,4)5,36-23-15-9-16-24-36)37-25-17-10-18-26-37/h7-26,32-33,38-40,43H,27-31H2,1-6H3/t32-,33-,38-,39-,40+/m1/s1. The Balaban J connectivity index is 1.65. The summed E-state index contributed by atoms with van der Waals surface area (Å²) in [6.45, 7) is 11.3. The normalized spacial score (nSPS) is 15.0. The Morgan fingerprint density at radius 1 is 0.667 bits per heavy atom. The zero-order valence-electron chi connectivity index (χ0n) is 30.8. The van der Waals surface area contributed by atoms with Gasteiger partial charge in [-0.2, -0.15) is 0 Å². The third kappa shape index (κ3) is 10.9. The molecule has 0 spiro atoms. The van der Waals surface area contributed by atoms with E-state index in [0.717, 1.165) is 21.5 Å². The average Bonchev–Trinajstić information content (AvgIpc) is 3.16. The Kier molecular flexibility index (Phi) is 15.6. The molecule has 0 aliphatic heterocycles. The van der Waals surface area contributed by atoms with E-state index in [1.54, 1.807) is 6.92 Å². The Labute approximate surface area is 304 Å². The van der Waals surface area contributed by atoms with Crippen LogP contribution < -0.4 is 10.4 Å². The van der Waals surface area contributed by atoms with Crippen molar-refractivity contribution >= 4 is 24.7 Å². The van der Waals surface area contributed by atoms with Crippen molar-refractivity contribution in [3.8, 4) is 0 Å². The van der Waals surface area contributed by atoms with Gasteiger partial charge in [-0.15, -0.1) is 0 Å². The quantitative estimate of drug-likeness (QED) is 0.0481. The summed E-state index contributed by atoms with van der Waals surface area (Å²) < 4.78 is 37.1. The number of hydrogen-bond acceptors (Lipinski definition) is 8. The van der Waals surface area contributed by atoms with Crippen LogP contribution in [0.1, 0.15) is 45.7 Å². The molecule has 0 unspecified atom stereocenters. The molecule has 4 aromatic rings. The highest BCUT2D eigenvalue weighted by atomic mass is 28.4. The van der Waals surface area contributed by atoms with Gasteiger partial charge in [0.05, 0.1) is 39.1 Å². The first-order valence-corrected chi connectivity index (χ1v) is 19.5. The molecule has 0 radical (unpaired) electrons. The molecule has 274 valence electrons. The summed E-state index contributed by atoms with van der Waals surface area (Å²) in [5.41, 5.74) is 2.03. The van der Waals surface area contributed by atoms with Crippen molar-refractivity contribution in [3.05, 3.63) is 132 Å². The number of rotatable bonds is 20. The van der Waals surface area contributed by atoms with E-state index >= 15 is 0 Å². The minimum atomic E-state index is -2.94. The molecule has 8 nitrogen and oxygen atoms in total. The molecule has 0 heterocycles. The zero-order chi connectivity index (χ0) is 36.7. The van der Waals surface area contributed by atoms with E-state index < -0.39 is 44.4 Å². The predicted octanol–water partition coefficient (Wildman–Crippen LogP) is 6.49. The molecule has 0 aliphatic carbocycles. The van der Waals surface area contributed by atoms with Crippen molar-refractivity contribution in [2.45, 2.75) is 71.2 Å². The van der Waals surface area contributed by atoms with Gasteiger partial charge in [0.15, 0.2) is 6.10 Å². The molecule has 0 amide bonds. The smallest absolute Gasteiger partial charge is 0.335 e. The fourth-order valence-electron chi connectivity index (χ4n) is 6.56. The molecule has 4 aromatic carbocycles. The first-order chi connectivity index (χ1) is 24.6. The highest BCUT2D eigenvalue weighted by Crippen LogP contribution is 2.37. The molecule has 4 rings (SSSR count). The number of carbonyl (C=O) groups excluding carboxylic acids is 1. The summed E-state index contributed by atoms with van der Waals surface area (Å²) in [5, 5.41) is 13.1. The Bertz CT molecular complexity index is 1510. The van der Waals surface area contributed by atoms with Gasteiger partial charge in [-0.1, -0.05) is 156 Å². The molecule has 0 aromatic heterocycles. The van der Waals surface area contributed by atoms with Crippen LogP contribution in [0, 0.1) is 11.8 Å². The summed E-state index contributed by atoms with van der Waals surface area (Å²) in [6, 6.07) is 40.6. The van der Waals surface area contributed by atoms with Gasteiger partial charge < -0.3 is 33.2 Å². The van der Waals surface area contributed by atoms with E-state index in [1.165, 1.54) is 7.11 Å². The molecule has 0 fully saturated rings. The highest BCUT2D eigenvalue weighted by molar-refractivity contribution is 6.99. The van der Waals surface area contributed by atoms with Crippen LogP contribution in [0.15, 0.2) is 121 Å². The third-order valence-corrected chi connectivity index (χ3v) is 14.4. The lowest BCUT2D eigenvalue weighted by Crippen LogP contribution is -2.67. The summed E-state index contributed by atoms with van der Waals surface area (Å²) in [7, 11) is -1.69. The van der Waals surface area contributed by atoms with E-state index in [4.69, 9.17) is 28.1 Å². The first-order valence-electron chi connectivity index (χ1n) is 17.6. The fourth-order valence-corrected chi connectivity index (χ4v) is 11.1. The molecular weight excluding hydrogens is 661 g/mol. The number of carbonyl (C=O) groups is 1. The minimum Gasteiger partial charge on any atom is -0.467 e. The molecule has 9 heteroatoms. The lowest BCUT2D eigenvalue weighted by Gasteiger charge is -2.44. The van der Waals surface area contributed by atoms with Gasteiger partial charge in [-0.25, -0.2) is 4.79 Å². The van der Waals surface area contributed by atoms with Gasteiger partial charge in [0, 0.05) is 11.8 Å². The molecule has 0 aliphatic rings. The van der Waals surface area contributed by atoms with Crippen molar-refractivity contribution in [2.24, 2.45) is 11.8 Å². The maximum Gasteiger partial charge on any atom is 0.335 e. The number of ether oxygens (including phenoxy) is 5. The Morgan fingerprint density at radius 2 is 1.10 bits per heavy atom. The average molecular weight is 715 g/mol. The topological polar surface area (TPSA) is 92.7 Å². The van der Waals surface area contributed by atoms with Crippen molar-refractivity contribution in [3.63, 3.8) is 0 Å². The second-order valence-corrected chi connectivity index (χ2v) is 18.2. The van der Waals surface area contributed by atoms with Crippen molar-refractivity contribution in [1.82, 2.24) is 0 Å². The second-order valence-electron chi connectivity index (χ2n) is 13.9. The molecule has 1 N–H and O–H groups in total. The Hall–Kier alpha value is -3.67. The SMILES string of the molecule is COC(=O)[C@H](O)[C@@H](C)[C@@H](OCOCc1ccccc1)[C@H](C)[C@@H](CO[Si](c1ccccc1)(c1ccccc1)C(C)(C)C)OCOCc1ccccc1. The largest absolute Gasteiger partial charge is 0.467 e. The molecule has 0 bridgehead atoms. The maximum absolute atomic E-state index is 12.6. The number of aliphatic hydroxyl groups excluding tert-OH is 1. The van der Waals surface area contributed by atoms with Gasteiger partial charge >= 0.3 is 5.97 Å². The summed E-state index contributed by atoms with van der Waals surface area (Å²) in [6.07, 6.45) is -2.67. The number of esters is 1. The lowest BCUT2D eigenvalue weighted by atomic mass is 9.86. The lowest BCUT2D eigenvalue weighted by molar-refractivity contribution is -0.186. The van der Waals surface area contributed by atoms with Crippen LogP contribution in [0.2, 0.25) is 5.04 Å². The first kappa shape index (κ1) is 40.1. The third-order valence-electron chi connectivity index (χ3n) is 9.38. The molecule has 5 atom stereocenters. The monoisotopic (exact) mass is 714 g/mol. The van der Waals surface area contributed by atoms with Crippen LogP contribution >= 0.6 is 0 Å². The number of methoxy groups -OCH3 is 1. The van der Waals surface area contributed by atoms with Crippen molar-refractivity contribution < 1.29 is 38.0 Å². The van der Waals surface area contributed by atoms with Gasteiger partial charge in [0.25, 0.3) is 8.32 Å². The fraction of sp³-hybridized carbons (Fsp3) is 0.405. The van der Waals surface area contributed by atoms with Crippen molar-refractivity contribution in [2.75, 3.05) is 27.3 Å². The van der Waals surface area contributed by atoms with Crippen LogP contribution in [0.3, 0.4) is 0 Å². The zero-order valence-corrected chi connectivity index (χ0v) is 31.8. The van der Waals surface area contributed by atoms with E-state index in [0.29, 0.717) is 13.2 Å². The van der Waals surface area contributed by atoms with Gasteiger partial charge in [-0.05, 0) is 26.5 Å². The van der Waals surface area contributed by atoms with E-state index in [-0.39, 0.29) is 25.2 Å². The van der Waals surface area contributed by atoms with E-state index in [9.17, 15) is 9.90 Å². The van der Waals surface area contributed by atoms with Crippen molar-refractivity contribution in [1.29, 1.82) is 0 Å². The Morgan fingerprint density at radius 3 is 1.53 bits per heavy atom. The van der Waals surface area contributed by atoms with Gasteiger partial charge in [0.1, 0.15) is 13.6 Å². The van der Waals surface area contributed by atoms with Crippen LogP contribution in [-0.2, 0) is 46.1 Å². The molecule has 0 saturated carbocycles. The molecular formula is C42H54O8Si. The number of benzene rings is 4. The molecule has 51 heavy (non-hydrogen) atoms. The predicted molar refractivity (Wildman–Crippen MR) is 202 cm³/mol. The van der Waals surface area contributed by atoms with Gasteiger partial charge in [0.2, 0.25) is 0 Å². The summed E-state index contributed by atoms with van der Waals surface area (Å²) in [4.78, 5) is 12.6. The van der Waals surface area contributed by atoms with Crippen LogP contribution in [0.25, 0.3) is 0 Å². The number of hydrogen-bond donors (Lipinski definition) is 1. The van der Waals surface area contributed by atoms with Crippen LogP contribution in [-0.4, -0.2) is 65.0 Å². The number of aliphatic hydroxyl groups is 1. The highest BCUT2D eigenvalue weighted by Gasteiger charge is 2.51. The summed E-state index contributed by atoms with van der Waals surface area (Å²) in [5.74, 6) is -1.80. The van der Waals surface area contributed by atoms with Crippen LogP contribution in [0.4, 0.5) is 0 Å². The minimum absolute atomic E-state index is 0.000822. The van der Waals surface area contributed by atoms with E-state index in [2.05, 4.69) is 69.3 Å². The molecule has 0 saturated heterocycles. The summed E-state index contributed by atoms with van der Waals surface area (Å²) >= 11 is 0. The maximum atomic E-state index is 12.6.